The van der Waals surface area contributed by atoms with Crippen molar-refractivity contribution in [2.45, 2.75) is 6.92 Å². The van der Waals surface area contributed by atoms with Gasteiger partial charge in [-0.2, -0.15) is 0 Å². The van der Waals surface area contributed by atoms with Crippen molar-refractivity contribution in [3.8, 4) is 0 Å². The van der Waals surface area contributed by atoms with Gasteiger partial charge < -0.3 is 15.5 Å². The van der Waals surface area contributed by atoms with Crippen molar-refractivity contribution in [3.63, 3.8) is 0 Å². The highest BCUT2D eigenvalue weighted by molar-refractivity contribution is 5.79. The summed E-state index contributed by atoms with van der Waals surface area (Å²) >= 11 is 0. The highest BCUT2D eigenvalue weighted by atomic mass is 16.6. The second kappa shape index (κ2) is 6.53. The summed E-state index contributed by atoms with van der Waals surface area (Å²) in [6.45, 7) is 4.76. The van der Waals surface area contributed by atoms with Crippen LogP contribution in [0, 0.1) is 16.0 Å². The molecule has 1 aromatic rings. The van der Waals surface area contributed by atoms with Crippen LogP contribution in [0.5, 0.6) is 0 Å². The summed E-state index contributed by atoms with van der Waals surface area (Å²) in [7, 11) is 0. The Morgan fingerprint density at radius 2 is 2.05 bits per heavy atom. The van der Waals surface area contributed by atoms with Crippen LogP contribution in [-0.2, 0) is 4.79 Å². The number of rotatable bonds is 4. The number of nitro groups is 1. The number of amides is 1. The first-order valence-corrected chi connectivity index (χ1v) is 7.01. The van der Waals surface area contributed by atoms with E-state index in [1.165, 1.54) is 6.07 Å². The van der Waals surface area contributed by atoms with Crippen LogP contribution in [0.3, 0.4) is 0 Å². The molecule has 2 rings (SSSR count). The van der Waals surface area contributed by atoms with Gasteiger partial charge in [-0.3, -0.25) is 14.9 Å². The van der Waals surface area contributed by atoms with Crippen molar-refractivity contribution in [2.24, 2.45) is 11.7 Å². The van der Waals surface area contributed by atoms with Crippen LogP contribution >= 0.6 is 0 Å². The third kappa shape index (κ3) is 3.49. The number of piperazine rings is 1. The maximum absolute atomic E-state index is 12.1. The van der Waals surface area contributed by atoms with Crippen molar-refractivity contribution in [1.82, 2.24) is 4.90 Å². The van der Waals surface area contributed by atoms with Gasteiger partial charge in [0.25, 0.3) is 5.69 Å². The molecule has 114 valence electrons. The first-order chi connectivity index (χ1) is 10.0. The lowest BCUT2D eigenvalue weighted by atomic mass is 10.1. The first kappa shape index (κ1) is 15.2. The Kier molecular flexibility index (Phi) is 4.74. The van der Waals surface area contributed by atoms with E-state index >= 15 is 0 Å². The fraction of sp³-hybridized carbons (Fsp3) is 0.500. The first-order valence-electron chi connectivity index (χ1n) is 7.01. The van der Waals surface area contributed by atoms with E-state index in [0.717, 1.165) is 5.69 Å². The number of anilines is 1. The Hall–Kier alpha value is -2.15. The summed E-state index contributed by atoms with van der Waals surface area (Å²) in [4.78, 5) is 26.3. The monoisotopic (exact) mass is 292 g/mol. The number of non-ortho nitro benzene ring substituents is 1. The molecule has 0 saturated carbocycles. The molecule has 0 aromatic heterocycles. The van der Waals surface area contributed by atoms with Crippen LogP contribution in [0.25, 0.3) is 0 Å². The van der Waals surface area contributed by atoms with E-state index < -0.39 is 4.92 Å². The molecule has 1 fully saturated rings. The standard InChI is InChI=1S/C14H20N4O3/c1-11(10-15)14(19)17-7-5-16(6-8-17)12-3-2-4-13(9-12)18(20)21/h2-4,9,11H,5-8,10,15H2,1H3. The highest BCUT2D eigenvalue weighted by Gasteiger charge is 2.24. The number of carbonyl (C=O) groups is 1. The summed E-state index contributed by atoms with van der Waals surface area (Å²) < 4.78 is 0. The number of nitro benzene ring substituents is 1. The molecule has 1 saturated heterocycles. The summed E-state index contributed by atoms with van der Waals surface area (Å²) in [5, 5.41) is 10.8. The van der Waals surface area contributed by atoms with E-state index in [-0.39, 0.29) is 17.5 Å². The number of hydrogen-bond acceptors (Lipinski definition) is 5. The Bertz CT molecular complexity index is 527. The molecule has 1 aliphatic heterocycles. The van der Waals surface area contributed by atoms with Gasteiger partial charge in [-0.1, -0.05) is 13.0 Å². The smallest absolute Gasteiger partial charge is 0.271 e. The number of benzene rings is 1. The average molecular weight is 292 g/mol. The van der Waals surface area contributed by atoms with Crippen LogP contribution in [0.2, 0.25) is 0 Å². The molecule has 1 atom stereocenters. The maximum Gasteiger partial charge on any atom is 0.271 e. The van der Waals surface area contributed by atoms with E-state index in [1.54, 1.807) is 12.1 Å². The number of nitrogens with zero attached hydrogens (tertiary/aromatic N) is 3. The molecule has 21 heavy (non-hydrogen) atoms. The molecule has 1 heterocycles. The minimum Gasteiger partial charge on any atom is -0.368 e. The minimum atomic E-state index is -0.397. The lowest BCUT2D eigenvalue weighted by molar-refractivity contribution is -0.384. The zero-order chi connectivity index (χ0) is 15.4. The quantitative estimate of drug-likeness (QED) is 0.655. The van der Waals surface area contributed by atoms with Crippen molar-refractivity contribution in [1.29, 1.82) is 0 Å². The summed E-state index contributed by atoms with van der Waals surface area (Å²) in [6, 6.07) is 6.58. The van der Waals surface area contributed by atoms with Gasteiger partial charge in [0, 0.05) is 56.5 Å². The van der Waals surface area contributed by atoms with Gasteiger partial charge in [0.1, 0.15) is 0 Å². The molecule has 7 nitrogen and oxygen atoms in total. The predicted octanol–water partition coefficient (Wildman–Crippen LogP) is 0.838. The van der Waals surface area contributed by atoms with Gasteiger partial charge in [-0.15, -0.1) is 0 Å². The molecule has 7 heteroatoms. The van der Waals surface area contributed by atoms with Gasteiger partial charge in [0.05, 0.1) is 4.92 Å². The Morgan fingerprint density at radius 1 is 1.38 bits per heavy atom. The second-order valence-electron chi connectivity index (χ2n) is 5.23. The molecule has 1 aromatic carbocycles. The van der Waals surface area contributed by atoms with Gasteiger partial charge >= 0.3 is 0 Å². The predicted molar refractivity (Wildman–Crippen MR) is 80.1 cm³/mol. The SMILES string of the molecule is CC(CN)C(=O)N1CCN(c2cccc([N+](=O)[O-])c2)CC1. The largest absolute Gasteiger partial charge is 0.368 e. The molecular formula is C14H20N4O3. The Labute approximate surface area is 123 Å². The van der Waals surface area contributed by atoms with E-state index in [1.807, 2.05) is 17.9 Å². The fourth-order valence-corrected chi connectivity index (χ4v) is 2.40. The third-order valence-electron chi connectivity index (χ3n) is 3.77. The van der Waals surface area contributed by atoms with Crippen LogP contribution in [0.15, 0.2) is 24.3 Å². The molecule has 1 amide bonds. The average Bonchev–Trinajstić information content (AvgIpc) is 2.53. The lowest BCUT2D eigenvalue weighted by Gasteiger charge is -2.37. The molecule has 0 spiro atoms. The van der Waals surface area contributed by atoms with Crippen LogP contribution < -0.4 is 10.6 Å². The van der Waals surface area contributed by atoms with Crippen LogP contribution in [-0.4, -0.2) is 48.5 Å². The normalized spacial score (nSPS) is 16.7. The van der Waals surface area contributed by atoms with E-state index in [4.69, 9.17) is 5.73 Å². The minimum absolute atomic E-state index is 0.0798. The van der Waals surface area contributed by atoms with Gasteiger partial charge in [0.15, 0.2) is 0 Å². The maximum atomic E-state index is 12.1. The summed E-state index contributed by atoms with van der Waals surface area (Å²) in [5.41, 5.74) is 6.43. The molecule has 1 unspecified atom stereocenters. The van der Waals surface area contributed by atoms with Gasteiger partial charge in [-0.25, -0.2) is 0 Å². The Balaban J connectivity index is 1.99. The van der Waals surface area contributed by atoms with E-state index in [2.05, 4.69) is 4.90 Å². The van der Waals surface area contributed by atoms with Crippen molar-refractivity contribution in [3.05, 3.63) is 34.4 Å². The molecule has 0 radical (unpaired) electrons. The number of hydrogen-bond donors (Lipinski definition) is 1. The third-order valence-corrected chi connectivity index (χ3v) is 3.77. The van der Waals surface area contributed by atoms with Gasteiger partial charge in [0.2, 0.25) is 5.91 Å². The number of nitrogens with two attached hydrogens (primary N) is 1. The highest BCUT2D eigenvalue weighted by Crippen LogP contribution is 2.22. The van der Waals surface area contributed by atoms with Crippen molar-refractivity contribution >= 4 is 17.3 Å². The molecular weight excluding hydrogens is 272 g/mol. The topological polar surface area (TPSA) is 92.7 Å². The molecule has 1 aliphatic rings. The van der Waals surface area contributed by atoms with Crippen molar-refractivity contribution < 1.29 is 9.72 Å². The molecule has 0 aliphatic carbocycles. The summed E-state index contributed by atoms with van der Waals surface area (Å²) in [6.07, 6.45) is 0. The zero-order valence-electron chi connectivity index (χ0n) is 12.1. The van der Waals surface area contributed by atoms with Crippen molar-refractivity contribution in [2.75, 3.05) is 37.6 Å². The lowest BCUT2D eigenvalue weighted by Crippen LogP contribution is -2.50. The fourth-order valence-electron chi connectivity index (χ4n) is 2.40. The van der Waals surface area contributed by atoms with Crippen LogP contribution in [0.1, 0.15) is 6.92 Å². The number of carbonyl (C=O) groups excluding carboxylic acids is 1. The van der Waals surface area contributed by atoms with Gasteiger partial charge in [-0.05, 0) is 6.07 Å². The zero-order valence-corrected chi connectivity index (χ0v) is 12.1. The Morgan fingerprint density at radius 3 is 2.62 bits per heavy atom. The molecule has 2 N–H and O–H groups in total. The van der Waals surface area contributed by atoms with E-state index in [9.17, 15) is 14.9 Å². The molecule has 0 bridgehead atoms. The van der Waals surface area contributed by atoms with E-state index in [0.29, 0.717) is 32.7 Å². The summed E-state index contributed by atoms with van der Waals surface area (Å²) in [5.74, 6) is -0.0782. The second-order valence-corrected chi connectivity index (χ2v) is 5.23. The van der Waals surface area contributed by atoms with Crippen LogP contribution in [0.4, 0.5) is 11.4 Å².